The van der Waals surface area contributed by atoms with Crippen LogP contribution in [0.2, 0.25) is 0 Å². The van der Waals surface area contributed by atoms with Crippen molar-refractivity contribution < 1.29 is 14.3 Å². The molecule has 3 nitrogen and oxygen atoms in total. The lowest BCUT2D eigenvalue weighted by molar-refractivity contribution is -0.146. The molecule has 3 unspecified atom stereocenters. The van der Waals surface area contributed by atoms with Crippen molar-refractivity contribution in [1.29, 1.82) is 0 Å². The average Bonchev–Trinajstić information content (AvgIpc) is 2.44. The summed E-state index contributed by atoms with van der Waals surface area (Å²) in [4.78, 5) is 10.4. The molecule has 0 aromatic heterocycles. The Morgan fingerprint density at radius 3 is 2.50 bits per heavy atom. The molecule has 0 aromatic carbocycles. The van der Waals surface area contributed by atoms with Crippen LogP contribution in [0.15, 0.2) is 0 Å². The van der Waals surface area contributed by atoms with Crippen LogP contribution in [-0.2, 0) is 14.3 Å². The normalized spacial score (nSPS) is 33.1. The lowest BCUT2D eigenvalue weighted by Crippen LogP contribution is -2.19. The maximum absolute atomic E-state index is 10.4. The van der Waals surface area contributed by atoms with Gasteiger partial charge in [-0.1, -0.05) is 0 Å². The van der Waals surface area contributed by atoms with Gasteiger partial charge in [-0.05, 0) is 13.8 Å². The third-order valence-electron chi connectivity index (χ3n) is 1.57. The third kappa shape index (κ3) is 1.70. The smallest absolute Gasteiger partial charge is 0.302 e. The number of ether oxygens (including phenoxy) is 2. The quantitative estimate of drug-likeness (QED) is 0.423. The topological polar surface area (TPSA) is 38.8 Å². The van der Waals surface area contributed by atoms with E-state index in [2.05, 4.69) is 0 Å². The highest BCUT2D eigenvalue weighted by Crippen LogP contribution is 2.25. The maximum Gasteiger partial charge on any atom is 0.302 e. The molecule has 3 heteroatoms. The molecule has 58 valence electrons. The van der Waals surface area contributed by atoms with Crippen LogP contribution < -0.4 is 0 Å². The molecule has 1 saturated heterocycles. The minimum atomic E-state index is -0.241. The molecule has 3 atom stereocenters. The monoisotopic (exact) mass is 144 g/mol. The van der Waals surface area contributed by atoms with Gasteiger partial charge in [-0.3, -0.25) is 4.79 Å². The molecule has 0 aliphatic carbocycles. The van der Waals surface area contributed by atoms with E-state index in [1.165, 1.54) is 6.92 Å². The fourth-order valence-corrected chi connectivity index (χ4v) is 1.02. The van der Waals surface area contributed by atoms with Crippen molar-refractivity contribution in [3.8, 4) is 0 Å². The second-order valence-electron chi connectivity index (χ2n) is 2.62. The first-order valence-electron chi connectivity index (χ1n) is 3.44. The van der Waals surface area contributed by atoms with E-state index in [4.69, 9.17) is 9.47 Å². The van der Waals surface area contributed by atoms with Crippen molar-refractivity contribution in [1.82, 2.24) is 0 Å². The Hall–Kier alpha value is -0.570. The van der Waals surface area contributed by atoms with Gasteiger partial charge in [0.25, 0.3) is 0 Å². The van der Waals surface area contributed by atoms with E-state index in [1.54, 1.807) is 0 Å². The van der Waals surface area contributed by atoms with Gasteiger partial charge >= 0.3 is 5.97 Å². The number of rotatable bonds is 2. The second kappa shape index (κ2) is 2.58. The Morgan fingerprint density at radius 2 is 2.20 bits per heavy atom. The summed E-state index contributed by atoms with van der Waals surface area (Å²) in [6.45, 7) is 5.21. The first-order valence-corrected chi connectivity index (χ1v) is 3.44. The van der Waals surface area contributed by atoms with Gasteiger partial charge in [-0.15, -0.1) is 0 Å². The number of carbonyl (C=O) groups is 1. The first kappa shape index (κ1) is 7.54. The molecule has 1 aliphatic heterocycles. The number of carbonyl (C=O) groups excluding carboxylic acids is 1. The minimum absolute atomic E-state index is 0.0903. The lowest BCUT2D eigenvalue weighted by atomic mass is 10.2. The molecule has 0 spiro atoms. The minimum Gasteiger partial charge on any atom is -0.460 e. The van der Waals surface area contributed by atoms with E-state index in [9.17, 15) is 4.79 Å². The maximum atomic E-state index is 10.4. The van der Waals surface area contributed by atoms with E-state index < -0.39 is 0 Å². The Balaban J connectivity index is 2.22. The molecule has 0 radical (unpaired) electrons. The largest absolute Gasteiger partial charge is 0.460 e. The van der Waals surface area contributed by atoms with Crippen molar-refractivity contribution in [2.75, 3.05) is 0 Å². The fraction of sp³-hybridized carbons (Fsp3) is 0.857. The summed E-state index contributed by atoms with van der Waals surface area (Å²) in [5.74, 6) is -0.241. The Kier molecular flexibility index (Phi) is 1.94. The van der Waals surface area contributed by atoms with Crippen molar-refractivity contribution in [2.24, 2.45) is 0 Å². The van der Waals surface area contributed by atoms with Gasteiger partial charge in [-0.2, -0.15) is 0 Å². The van der Waals surface area contributed by atoms with Gasteiger partial charge in [-0.25, -0.2) is 0 Å². The molecule has 10 heavy (non-hydrogen) atoms. The molecule has 0 saturated carbocycles. The highest BCUT2D eigenvalue weighted by Gasteiger charge is 2.40. The first-order chi connectivity index (χ1) is 4.61. The predicted octanol–water partition coefficient (Wildman–Crippen LogP) is 0.725. The molecule has 0 N–H and O–H groups in total. The highest BCUT2D eigenvalue weighted by molar-refractivity contribution is 5.66. The lowest BCUT2D eigenvalue weighted by Gasteiger charge is -2.07. The second-order valence-corrected chi connectivity index (χ2v) is 2.62. The molecule has 0 aromatic rings. The Labute approximate surface area is 60.3 Å². The Bertz CT molecular complexity index is 144. The van der Waals surface area contributed by atoms with Crippen LogP contribution in [0.25, 0.3) is 0 Å². The number of hydrogen-bond acceptors (Lipinski definition) is 3. The van der Waals surface area contributed by atoms with Crippen LogP contribution in [0, 0.1) is 0 Å². The summed E-state index contributed by atoms with van der Waals surface area (Å²) < 4.78 is 9.98. The van der Waals surface area contributed by atoms with E-state index in [-0.39, 0.29) is 24.3 Å². The molecular weight excluding hydrogens is 132 g/mol. The van der Waals surface area contributed by atoms with Crippen LogP contribution in [-0.4, -0.2) is 24.3 Å². The molecule has 1 heterocycles. The fourth-order valence-electron chi connectivity index (χ4n) is 1.02. The summed E-state index contributed by atoms with van der Waals surface area (Å²) in [5, 5.41) is 0. The predicted molar refractivity (Wildman–Crippen MR) is 35.6 cm³/mol. The molecule has 0 amide bonds. The molecule has 0 bridgehead atoms. The SMILES string of the molecule is CC(=O)OC(C)C1OC1C. The Morgan fingerprint density at radius 1 is 1.70 bits per heavy atom. The van der Waals surface area contributed by atoms with Gasteiger partial charge in [0.05, 0.1) is 6.10 Å². The van der Waals surface area contributed by atoms with Crippen LogP contribution in [0.3, 0.4) is 0 Å². The summed E-state index contributed by atoms with van der Waals surface area (Å²) in [6, 6.07) is 0. The van der Waals surface area contributed by atoms with Gasteiger partial charge < -0.3 is 9.47 Å². The van der Waals surface area contributed by atoms with Gasteiger partial charge in [0.15, 0.2) is 0 Å². The number of hydrogen-bond donors (Lipinski definition) is 0. The summed E-state index contributed by atoms with van der Waals surface area (Å²) in [5.41, 5.74) is 0. The van der Waals surface area contributed by atoms with Crippen LogP contribution in [0.5, 0.6) is 0 Å². The van der Waals surface area contributed by atoms with E-state index in [0.717, 1.165) is 0 Å². The van der Waals surface area contributed by atoms with Gasteiger partial charge in [0.1, 0.15) is 12.2 Å². The summed E-state index contributed by atoms with van der Waals surface area (Å²) >= 11 is 0. The van der Waals surface area contributed by atoms with E-state index in [1.807, 2.05) is 13.8 Å². The van der Waals surface area contributed by atoms with Crippen molar-refractivity contribution in [3.63, 3.8) is 0 Å². The van der Waals surface area contributed by atoms with Crippen molar-refractivity contribution in [2.45, 2.75) is 39.1 Å². The zero-order valence-electron chi connectivity index (χ0n) is 6.46. The van der Waals surface area contributed by atoms with Crippen LogP contribution in [0.1, 0.15) is 20.8 Å². The van der Waals surface area contributed by atoms with Crippen LogP contribution in [0.4, 0.5) is 0 Å². The molecular formula is C7H12O3. The molecule has 1 rings (SSSR count). The third-order valence-corrected chi connectivity index (χ3v) is 1.57. The average molecular weight is 144 g/mol. The number of epoxide rings is 1. The summed E-state index contributed by atoms with van der Waals surface area (Å²) in [6.07, 6.45) is 0.297. The van der Waals surface area contributed by atoms with Crippen molar-refractivity contribution >= 4 is 5.97 Å². The van der Waals surface area contributed by atoms with Crippen molar-refractivity contribution in [3.05, 3.63) is 0 Å². The molecule has 1 fully saturated rings. The van der Waals surface area contributed by atoms with Gasteiger partial charge in [0.2, 0.25) is 0 Å². The molecule has 1 aliphatic rings. The number of esters is 1. The summed E-state index contributed by atoms with van der Waals surface area (Å²) in [7, 11) is 0. The van der Waals surface area contributed by atoms with Crippen LogP contribution >= 0.6 is 0 Å². The highest BCUT2D eigenvalue weighted by atomic mass is 16.6. The van der Waals surface area contributed by atoms with Gasteiger partial charge in [0, 0.05) is 6.92 Å². The van der Waals surface area contributed by atoms with E-state index in [0.29, 0.717) is 0 Å². The zero-order chi connectivity index (χ0) is 7.72. The van der Waals surface area contributed by atoms with E-state index >= 15 is 0 Å². The standard InChI is InChI=1S/C7H12O3/c1-4(9-6(3)8)7-5(2)10-7/h4-5,7H,1-3H3. The zero-order valence-corrected chi connectivity index (χ0v) is 6.46.